The Balaban J connectivity index is 1.35. The first-order chi connectivity index (χ1) is 12.2. The zero-order valence-corrected chi connectivity index (χ0v) is 14.3. The molecule has 1 fully saturated rings. The SMILES string of the molecule is N[C@@H]1CCC(COc2coc(CN3Cc4ccccc4C3)cc2=O)C1. The topological polar surface area (TPSA) is 68.7 Å². The Morgan fingerprint density at radius 2 is 1.96 bits per heavy atom. The van der Waals surface area contributed by atoms with Gasteiger partial charge in [-0.1, -0.05) is 24.3 Å². The molecule has 1 aliphatic carbocycles. The summed E-state index contributed by atoms with van der Waals surface area (Å²) in [5, 5.41) is 0. The molecule has 0 radical (unpaired) electrons. The van der Waals surface area contributed by atoms with E-state index in [2.05, 4.69) is 29.2 Å². The average molecular weight is 340 g/mol. The maximum atomic E-state index is 12.3. The second-order valence-electron chi connectivity index (χ2n) is 7.24. The summed E-state index contributed by atoms with van der Waals surface area (Å²) in [4.78, 5) is 14.5. The molecular weight excluding hydrogens is 316 g/mol. The van der Waals surface area contributed by atoms with Gasteiger partial charge in [0.05, 0.1) is 13.2 Å². The maximum absolute atomic E-state index is 12.3. The number of rotatable bonds is 5. The molecule has 1 aliphatic heterocycles. The van der Waals surface area contributed by atoms with Crippen molar-refractivity contribution < 1.29 is 9.15 Å². The summed E-state index contributed by atoms with van der Waals surface area (Å²) in [5.41, 5.74) is 8.50. The molecule has 1 aromatic carbocycles. The van der Waals surface area contributed by atoms with Crippen LogP contribution in [0.4, 0.5) is 0 Å². The predicted octanol–water partition coefficient (Wildman–Crippen LogP) is 2.66. The molecule has 4 rings (SSSR count). The van der Waals surface area contributed by atoms with Crippen molar-refractivity contribution in [2.24, 2.45) is 11.7 Å². The fourth-order valence-corrected chi connectivity index (χ4v) is 3.84. The lowest BCUT2D eigenvalue weighted by Gasteiger charge is -2.14. The zero-order valence-electron chi connectivity index (χ0n) is 14.3. The van der Waals surface area contributed by atoms with Crippen molar-refractivity contribution >= 4 is 0 Å². The van der Waals surface area contributed by atoms with Gasteiger partial charge in [0.1, 0.15) is 12.0 Å². The molecule has 2 N–H and O–H groups in total. The van der Waals surface area contributed by atoms with E-state index in [9.17, 15) is 4.79 Å². The molecule has 1 unspecified atom stereocenters. The first-order valence-corrected chi connectivity index (χ1v) is 8.96. The molecule has 0 amide bonds. The lowest BCUT2D eigenvalue weighted by molar-refractivity contribution is 0.229. The van der Waals surface area contributed by atoms with Crippen LogP contribution in [0.3, 0.4) is 0 Å². The summed E-state index contributed by atoms with van der Waals surface area (Å²) in [6, 6.07) is 10.3. The molecule has 1 saturated carbocycles. The largest absolute Gasteiger partial charge is 0.486 e. The molecule has 132 valence electrons. The Morgan fingerprint density at radius 3 is 2.60 bits per heavy atom. The fourth-order valence-electron chi connectivity index (χ4n) is 3.84. The Labute approximate surface area is 147 Å². The molecule has 1 aromatic heterocycles. The van der Waals surface area contributed by atoms with Crippen LogP contribution in [0, 0.1) is 5.92 Å². The molecule has 5 nitrogen and oxygen atoms in total. The number of nitrogens with zero attached hydrogens (tertiary/aromatic N) is 1. The maximum Gasteiger partial charge on any atom is 0.227 e. The van der Waals surface area contributed by atoms with Crippen molar-refractivity contribution in [1.29, 1.82) is 0 Å². The lowest BCUT2D eigenvalue weighted by atomic mass is 10.1. The normalized spacial score (nSPS) is 22.9. The number of fused-ring (bicyclic) bond motifs is 1. The van der Waals surface area contributed by atoms with Gasteiger partial charge in [-0.25, -0.2) is 0 Å². The third kappa shape index (κ3) is 3.78. The molecule has 2 atom stereocenters. The van der Waals surface area contributed by atoms with Crippen LogP contribution in [0.5, 0.6) is 5.75 Å². The van der Waals surface area contributed by atoms with Crippen LogP contribution >= 0.6 is 0 Å². The van der Waals surface area contributed by atoms with Crippen LogP contribution in [0.2, 0.25) is 0 Å². The first kappa shape index (κ1) is 16.4. The summed E-state index contributed by atoms with van der Waals surface area (Å²) >= 11 is 0. The summed E-state index contributed by atoms with van der Waals surface area (Å²) < 4.78 is 11.3. The van der Waals surface area contributed by atoms with E-state index >= 15 is 0 Å². The minimum absolute atomic E-state index is 0.111. The Bertz CT molecular complexity index is 777. The highest BCUT2D eigenvalue weighted by atomic mass is 16.5. The van der Waals surface area contributed by atoms with Crippen molar-refractivity contribution in [3.8, 4) is 5.75 Å². The second-order valence-corrected chi connectivity index (χ2v) is 7.24. The average Bonchev–Trinajstić information content (AvgIpc) is 3.19. The highest BCUT2D eigenvalue weighted by Gasteiger charge is 2.23. The predicted molar refractivity (Wildman–Crippen MR) is 95.2 cm³/mol. The van der Waals surface area contributed by atoms with Gasteiger partial charge in [-0.05, 0) is 36.3 Å². The van der Waals surface area contributed by atoms with Crippen molar-refractivity contribution in [2.75, 3.05) is 6.61 Å². The summed E-state index contributed by atoms with van der Waals surface area (Å²) in [6.07, 6.45) is 4.54. The molecule has 0 saturated heterocycles. The van der Waals surface area contributed by atoms with E-state index in [0.29, 0.717) is 30.6 Å². The highest BCUT2D eigenvalue weighted by Crippen LogP contribution is 2.25. The minimum Gasteiger partial charge on any atom is -0.486 e. The van der Waals surface area contributed by atoms with Crippen LogP contribution in [0.15, 0.2) is 45.8 Å². The summed E-state index contributed by atoms with van der Waals surface area (Å²) in [5.74, 6) is 1.42. The van der Waals surface area contributed by atoms with Gasteiger partial charge in [0.2, 0.25) is 11.2 Å². The smallest absolute Gasteiger partial charge is 0.227 e. The fraction of sp³-hybridized carbons (Fsp3) is 0.450. The Morgan fingerprint density at radius 1 is 1.20 bits per heavy atom. The van der Waals surface area contributed by atoms with E-state index in [1.165, 1.54) is 17.4 Å². The van der Waals surface area contributed by atoms with Gasteiger partial charge in [-0.2, -0.15) is 0 Å². The second kappa shape index (κ2) is 7.02. The van der Waals surface area contributed by atoms with Gasteiger partial charge in [0, 0.05) is 25.2 Å². The summed E-state index contributed by atoms with van der Waals surface area (Å²) in [7, 11) is 0. The van der Waals surface area contributed by atoms with Gasteiger partial charge in [-0.3, -0.25) is 9.69 Å². The third-order valence-corrected chi connectivity index (χ3v) is 5.19. The molecule has 0 spiro atoms. The van der Waals surface area contributed by atoms with Gasteiger partial charge >= 0.3 is 0 Å². The van der Waals surface area contributed by atoms with Crippen molar-refractivity contribution in [2.45, 2.75) is 44.9 Å². The quantitative estimate of drug-likeness (QED) is 0.906. The van der Waals surface area contributed by atoms with Crippen molar-refractivity contribution in [3.05, 3.63) is 63.7 Å². The summed E-state index contributed by atoms with van der Waals surface area (Å²) in [6.45, 7) is 2.95. The van der Waals surface area contributed by atoms with E-state index < -0.39 is 0 Å². The van der Waals surface area contributed by atoms with E-state index in [4.69, 9.17) is 14.9 Å². The highest BCUT2D eigenvalue weighted by molar-refractivity contribution is 5.30. The number of hydrogen-bond donors (Lipinski definition) is 1. The monoisotopic (exact) mass is 340 g/mol. The molecule has 2 aromatic rings. The van der Waals surface area contributed by atoms with Crippen LogP contribution in [-0.2, 0) is 19.6 Å². The van der Waals surface area contributed by atoms with E-state index in [1.807, 2.05) is 0 Å². The van der Waals surface area contributed by atoms with E-state index in [0.717, 1.165) is 32.4 Å². The number of benzene rings is 1. The molecule has 5 heteroatoms. The molecule has 0 bridgehead atoms. The van der Waals surface area contributed by atoms with E-state index in [-0.39, 0.29) is 11.5 Å². The zero-order chi connectivity index (χ0) is 17.2. The number of nitrogens with two attached hydrogens (primary N) is 1. The van der Waals surface area contributed by atoms with Crippen molar-refractivity contribution in [3.63, 3.8) is 0 Å². The third-order valence-electron chi connectivity index (χ3n) is 5.19. The van der Waals surface area contributed by atoms with Crippen LogP contribution in [0.25, 0.3) is 0 Å². The van der Waals surface area contributed by atoms with Gasteiger partial charge < -0.3 is 14.9 Å². The van der Waals surface area contributed by atoms with Crippen molar-refractivity contribution in [1.82, 2.24) is 4.90 Å². The van der Waals surface area contributed by atoms with E-state index in [1.54, 1.807) is 6.07 Å². The Hall–Kier alpha value is -2.11. The first-order valence-electron chi connectivity index (χ1n) is 8.96. The van der Waals surface area contributed by atoms with Crippen LogP contribution < -0.4 is 15.9 Å². The van der Waals surface area contributed by atoms with Gasteiger partial charge in [0.25, 0.3) is 0 Å². The van der Waals surface area contributed by atoms with Crippen LogP contribution in [0.1, 0.15) is 36.1 Å². The number of ether oxygens (including phenoxy) is 1. The number of hydrogen-bond acceptors (Lipinski definition) is 5. The molecule has 2 heterocycles. The standard InChI is InChI=1S/C20H24N2O3/c21-17-6-5-14(7-17)12-25-20-13-24-18(8-19(20)23)11-22-9-15-3-1-2-4-16(15)10-22/h1-4,8,13-14,17H,5-7,9-12,21H2/t14?,17-/m1/s1. The molecule has 25 heavy (non-hydrogen) atoms. The molecule has 2 aliphatic rings. The Kier molecular flexibility index (Phi) is 4.59. The lowest BCUT2D eigenvalue weighted by Crippen LogP contribution is -2.19. The van der Waals surface area contributed by atoms with Crippen LogP contribution in [-0.4, -0.2) is 17.5 Å². The minimum atomic E-state index is -0.111. The van der Waals surface area contributed by atoms with Gasteiger partial charge in [-0.15, -0.1) is 0 Å². The van der Waals surface area contributed by atoms with Gasteiger partial charge in [0.15, 0.2) is 0 Å². The molecular formula is C20H24N2O3.